The fraction of sp³-hybridized carbons (Fsp3) is 0.625. The van der Waals surface area contributed by atoms with Crippen molar-refractivity contribution in [3.63, 3.8) is 0 Å². The smallest absolute Gasteiger partial charge is 0.0579 e. The number of rotatable bonds is 3. The Morgan fingerprint density at radius 1 is 1.29 bits per heavy atom. The van der Waals surface area contributed by atoms with Crippen molar-refractivity contribution in [2.45, 2.75) is 45.1 Å². The molecule has 4 unspecified atom stereocenters. The topological polar surface area (TPSA) is 20.2 Å². The molecule has 4 atom stereocenters. The normalized spacial score (nSPS) is 31.9. The Balaban J connectivity index is 1.78. The van der Waals surface area contributed by atoms with Crippen LogP contribution in [0.5, 0.6) is 0 Å². The standard InChI is InChI=1S/C16H22O/c1-10(2)9-14(17)16-13-8-7-11-5-3-4-6-12(11)15(13)16/h3-6,10,13-17H,7-9H2,1-2H3. The van der Waals surface area contributed by atoms with Crippen LogP contribution in [0.25, 0.3) is 0 Å². The van der Waals surface area contributed by atoms with Gasteiger partial charge in [0.25, 0.3) is 0 Å². The summed E-state index contributed by atoms with van der Waals surface area (Å²) in [7, 11) is 0. The average Bonchev–Trinajstić information content (AvgIpc) is 3.02. The summed E-state index contributed by atoms with van der Waals surface area (Å²) >= 11 is 0. The van der Waals surface area contributed by atoms with Crippen LogP contribution in [0.3, 0.4) is 0 Å². The zero-order chi connectivity index (χ0) is 12.0. The van der Waals surface area contributed by atoms with Crippen LogP contribution in [0.1, 0.15) is 43.7 Å². The lowest BCUT2D eigenvalue weighted by Gasteiger charge is -2.14. The Morgan fingerprint density at radius 2 is 2.06 bits per heavy atom. The van der Waals surface area contributed by atoms with Gasteiger partial charge in [-0.05, 0) is 54.1 Å². The highest BCUT2D eigenvalue weighted by Gasteiger charge is 2.55. The molecule has 0 radical (unpaired) electrons. The molecule has 1 aromatic carbocycles. The highest BCUT2D eigenvalue weighted by atomic mass is 16.3. The summed E-state index contributed by atoms with van der Waals surface area (Å²) in [5, 5.41) is 10.3. The zero-order valence-corrected chi connectivity index (χ0v) is 10.8. The number of hydrogen-bond donors (Lipinski definition) is 1. The van der Waals surface area contributed by atoms with Crippen LogP contribution < -0.4 is 0 Å². The second-order valence-corrected chi connectivity index (χ2v) is 6.20. The number of benzene rings is 1. The van der Waals surface area contributed by atoms with E-state index in [1.165, 1.54) is 24.0 Å². The second-order valence-electron chi connectivity index (χ2n) is 6.20. The molecule has 1 fully saturated rings. The minimum absolute atomic E-state index is 0.0869. The Hall–Kier alpha value is -0.820. The van der Waals surface area contributed by atoms with Gasteiger partial charge in [-0.25, -0.2) is 0 Å². The van der Waals surface area contributed by atoms with Crippen LogP contribution in [0, 0.1) is 17.8 Å². The Bertz CT molecular complexity index is 410. The molecule has 1 nitrogen and oxygen atoms in total. The minimum atomic E-state index is -0.0869. The number of aliphatic hydroxyl groups is 1. The van der Waals surface area contributed by atoms with Crippen molar-refractivity contribution in [2.24, 2.45) is 17.8 Å². The van der Waals surface area contributed by atoms with Gasteiger partial charge in [-0.15, -0.1) is 0 Å². The maximum absolute atomic E-state index is 10.3. The SMILES string of the molecule is CC(C)CC(O)C1C2CCc3ccccc3C21. The maximum Gasteiger partial charge on any atom is 0.0579 e. The highest BCUT2D eigenvalue weighted by Crippen LogP contribution is 2.61. The van der Waals surface area contributed by atoms with E-state index in [2.05, 4.69) is 38.1 Å². The first-order valence-electron chi connectivity index (χ1n) is 6.94. The van der Waals surface area contributed by atoms with Gasteiger partial charge in [0, 0.05) is 0 Å². The molecule has 0 aromatic heterocycles. The molecule has 0 amide bonds. The second kappa shape index (κ2) is 4.13. The molecule has 0 bridgehead atoms. The van der Waals surface area contributed by atoms with Crippen LogP contribution in [0.4, 0.5) is 0 Å². The molecule has 1 heteroatoms. The largest absolute Gasteiger partial charge is 0.393 e. The van der Waals surface area contributed by atoms with E-state index >= 15 is 0 Å². The van der Waals surface area contributed by atoms with E-state index in [1.807, 2.05) is 0 Å². The van der Waals surface area contributed by atoms with Gasteiger partial charge < -0.3 is 5.11 Å². The van der Waals surface area contributed by atoms with Crippen LogP contribution in [0.15, 0.2) is 24.3 Å². The first-order valence-corrected chi connectivity index (χ1v) is 6.94. The van der Waals surface area contributed by atoms with Crippen molar-refractivity contribution in [2.75, 3.05) is 0 Å². The molecule has 0 aliphatic heterocycles. The van der Waals surface area contributed by atoms with E-state index in [9.17, 15) is 5.11 Å². The molecule has 0 heterocycles. The van der Waals surface area contributed by atoms with Crippen LogP contribution in [0.2, 0.25) is 0 Å². The summed E-state index contributed by atoms with van der Waals surface area (Å²) in [6.07, 6.45) is 3.36. The third kappa shape index (κ3) is 1.91. The zero-order valence-electron chi connectivity index (χ0n) is 10.8. The molecule has 1 aromatic rings. The number of fused-ring (bicyclic) bond motifs is 3. The first kappa shape index (κ1) is 11.3. The fourth-order valence-corrected chi connectivity index (χ4v) is 3.78. The average molecular weight is 230 g/mol. The lowest BCUT2D eigenvalue weighted by molar-refractivity contribution is 0.119. The summed E-state index contributed by atoms with van der Waals surface area (Å²) in [5.41, 5.74) is 3.05. The van der Waals surface area contributed by atoms with E-state index in [1.54, 1.807) is 0 Å². The molecular formula is C16H22O. The molecule has 2 aliphatic carbocycles. The van der Waals surface area contributed by atoms with Gasteiger partial charge in [-0.2, -0.15) is 0 Å². The fourth-order valence-electron chi connectivity index (χ4n) is 3.78. The van der Waals surface area contributed by atoms with Crippen LogP contribution in [-0.4, -0.2) is 11.2 Å². The van der Waals surface area contributed by atoms with E-state index in [0.29, 0.717) is 17.8 Å². The molecule has 92 valence electrons. The van der Waals surface area contributed by atoms with E-state index in [4.69, 9.17) is 0 Å². The maximum atomic E-state index is 10.3. The predicted molar refractivity (Wildman–Crippen MR) is 69.9 cm³/mol. The molecular weight excluding hydrogens is 208 g/mol. The van der Waals surface area contributed by atoms with Crippen LogP contribution >= 0.6 is 0 Å². The summed E-state index contributed by atoms with van der Waals surface area (Å²) in [6.45, 7) is 4.40. The lowest BCUT2D eigenvalue weighted by atomic mass is 9.92. The number of aryl methyl sites for hydroxylation is 1. The molecule has 1 saturated carbocycles. The van der Waals surface area contributed by atoms with Crippen molar-refractivity contribution >= 4 is 0 Å². The number of hydrogen-bond acceptors (Lipinski definition) is 1. The van der Waals surface area contributed by atoms with Gasteiger partial charge in [0.15, 0.2) is 0 Å². The monoisotopic (exact) mass is 230 g/mol. The van der Waals surface area contributed by atoms with Gasteiger partial charge >= 0.3 is 0 Å². The molecule has 17 heavy (non-hydrogen) atoms. The van der Waals surface area contributed by atoms with E-state index in [0.717, 1.165) is 12.3 Å². The van der Waals surface area contributed by atoms with Crippen molar-refractivity contribution in [1.29, 1.82) is 0 Å². The Morgan fingerprint density at radius 3 is 2.82 bits per heavy atom. The molecule has 2 aliphatic rings. The molecule has 0 spiro atoms. The predicted octanol–water partition coefficient (Wildman–Crippen LogP) is 3.37. The van der Waals surface area contributed by atoms with Crippen molar-refractivity contribution < 1.29 is 5.11 Å². The van der Waals surface area contributed by atoms with Gasteiger partial charge in [0.2, 0.25) is 0 Å². The quantitative estimate of drug-likeness (QED) is 0.844. The van der Waals surface area contributed by atoms with Gasteiger partial charge in [-0.1, -0.05) is 38.1 Å². The summed E-state index contributed by atoms with van der Waals surface area (Å²) < 4.78 is 0. The summed E-state index contributed by atoms with van der Waals surface area (Å²) in [5.74, 6) is 2.57. The lowest BCUT2D eigenvalue weighted by Crippen LogP contribution is -2.14. The first-order chi connectivity index (χ1) is 8.18. The highest BCUT2D eigenvalue weighted by molar-refractivity contribution is 5.39. The van der Waals surface area contributed by atoms with E-state index in [-0.39, 0.29) is 6.10 Å². The third-order valence-corrected chi connectivity index (χ3v) is 4.55. The minimum Gasteiger partial charge on any atom is -0.393 e. The van der Waals surface area contributed by atoms with E-state index < -0.39 is 0 Å². The summed E-state index contributed by atoms with van der Waals surface area (Å²) in [6, 6.07) is 8.82. The Kier molecular flexibility index (Phi) is 2.74. The van der Waals surface area contributed by atoms with Crippen LogP contribution in [-0.2, 0) is 6.42 Å². The molecule has 3 rings (SSSR count). The summed E-state index contributed by atoms with van der Waals surface area (Å²) in [4.78, 5) is 0. The van der Waals surface area contributed by atoms with Crippen molar-refractivity contribution in [1.82, 2.24) is 0 Å². The van der Waals surface area contributed by atoms with Crippen molar-refractivity contribution in [3.8, 4) is 0 Å². The van der Waals surface area contributed by atoms with Gasteiger partial charge in [-0.3, -0.25) is 0 Å². The molecule has 1 N–H and O–H groups in total. The van der Waals surface area contributed by atoms with Gasteiger partial charge in [0.05, 0.1) is 6.10 Å². The van der Waals surface area contributed by atoms with Crippen molar-refractivity contribution in [3.05, 3.63) is 35.4 Å². The third-order valence-electron chi connectivity index (χ3n) is 4.55. The van der Waals surface area contributed by atoms with Gasteiger partial charge in [0.1, 0.15) is 0 Å². The molecule has 0 saturated heterocycles. The Labute approximate surface area is 104 Å². The number of aliphatic hydroxyl groups excluding tert-OH is 1.